The van der Waals surface area contributed by atoms with Crippen LogP contribution in [0.25, 0.3) is 6.08 Å². The number of rotatable bonds is 6. The van der Waals surface area contributed by atoms with E-state index in [1.54, 1.807) is 38.9 Å². The van der Waals surface area contributed by atoms with E-state index in [2.05, 4.69) is 10.6 Å². The lowest BCUT2D eigenvalue weighted by molar-refractivity contribution is -0.131. The molecule has 164 valence electrons. The van der Waals surface area contributed by atoms with Crippen LogP contribution in [0, 0.1) is 0 Å². The number of amides is 3. The molecule has 0 aromatic heterocycles. The first-order valence-electron chi connectivity index (χ1n) is 10.0. The minimum absolute atomic E-state index is 0.00956. The van der Waals surface area contributed by atoms with Crippen molar-refractivity contribution in [2.45, 2.75) is 45.3 Å². The van der Waals surface area contributed by atoms with Gasteiger partial charge in [0.1, 0.15) is 17.9 Å². The molecule has 0 unspecified atom stereocenters. The summed E-state index contributed by atoms with van der Waals surface area (Å²) in [6.07, 6.45) is 3.95. The Kier molecular flexibility index (Phi) is 8.26. The lowest BCUT2D eigenvalue weighted by Crippen LogP contribution is -2.49. The van der Waals surface area contributed by atoms with Crippen LogP contribution in [0.15, 0.2) is 30.3 Å². The highest BCUT2D eigenvalue weighted by atomic mass is 16.6. The number of piperidine rings is 1. The van der Waals surface area contributed by atoms with E-state index >= 15 is 0 Å². The zero-order valence-electron chi connectivity index (χ0n) is 18.1. The molecule has 0 aliphatic carbocycles. The Bertz CT molecular complexity index is 777. The van der Waals surface area contributed by atoms with E-state index in [9.17, 15) is 14.4 Å². The van der Waals surface area contributed by atoms with Crippen molar-refractivity contribution < 1.29 is 23.9 Å². The standard InChI is InChI=1S/C22H31N3O5/c1-22(2,3)30-21(28)23-15-20(27)25-12-10-17(11-13-25)24-19(26)9-8-16-6-5-7-18(14-16)29-4/h5-9,14,17H,10-13,15H2,1-4H3,(H,23,28)(H,24,26)/b9-8+. The van der Waals surface area contributed by atoms with Gasteiger partial charge in [-0.1, -0.05) is 12.1 Å². The summed E-state index contributed by atoms with van der Waals surface area (Å²) in [5, 5.41) is 5.45. The molecule has 0 radical (unpaired) electrons. The molecule has 1 aliphatic heterocycles. The Balaban J connectivity index is 1.72. The van der Waals surface area contributed by atoms with E-state index in [-0.39, 0.29) is 24.4 Å². The van der Waals surface area contributed by atoms with Gasteiger partial charge < -0.3 is 25.0 Å². The second-order valence-corrected chi connectivity index (χ2v) is 8.13. The van der Waals surface area contributed by atoms with E-state index in [4.69, 9.17) is 9.47 Å². The fourth-order valence-corrected chi connectivity index (χ4v) is 3.01. The van der Waals surface area contributed by atoms with Gasteiger partial charge in [0, 0.05) is 25.2 Å². The molecule has 30 heavy (non-hydrogen) atoms. The number of hydrogen-bond acceptors (Lipinski definition) is 5. The number of carbonyl (C=O) groups excluding carboxylic acids is 3. The third-order valence-corrected chi connectivity index (χ3v) is 4.50. The van der Waals surface area contributed by atoms with E-state index in [0.717, 1.165) is 11.3 Å². The molecule has 1 fully saturated rings. The first kappa shape index (κ1) is 23.3. The molecule has 0 atom stereocenters. The fourth-order valence-electron chi connectivity index (χ4n) is 3.01. The van der Waals surface area contributed by atoms with Gasteiger partial charge in [0.25, 0.3) is 0 Å². The largest absolute Gasteiger partial charge is 0.497 e. The number of benzene rings is 1. The summed E-state index contributed by atoms with van der Waals surface area (Å²) in [5.41, 5.74) is 0.271. The van der Waals surface area contributed by atoms with Gasteiger partial charge in [0.2, 0.25) is 11.8 Å². The molecular weight excluding hydrogens is 386 g/mol. The summed E-state index contributed by atoms with van der Waals surface area (Å²) in [5.74, 6) is 0.397. The molecule has 1 heterocycles. The highest BCUT2D eigenvalue weighted by molar-refractivity contribution is 5.92. The molecule has 1 aromatic rings. The molecule has 8 nitrogen and oxygen atoms in total. The lowest BCUT2D eigenvalue weighted by atomic mass is 10.0. The molecule has 8 heteroatoms. The zero-order chi connectivity index (χ0) is 22.1. The van der Waals surface area contributed by atoms with Gasteiger partial charge >= 0.3 is 6.09 Å². The molecule has 3 amide bonds. The first-order chi connectivity index (χ1) is 14.2. The second-order valence-electron chi connectivity index (χ2n) is 8.13. The predicted molar refractivity (Wildman–Crippen MR) is 114 cm³/mol. The molecule has 2 N–H and O–H groups in total. The Labute approximate surface area is 177 Å². The Morgan fingerprint density at radius 2 is 1.90 bits per heavy atom. The average Bonchev–Trinajstić information content (AvgIpc) is 2.70. The summed E-state index contributed by atoms with van der Waals surface area (Å²) in [7, 11) is 1.60. The van der Waals surface area contributed by atoms with Crippen molar-refractivity contribution in [3.63, 3.8) is 0 Å². The Morgan fingerprint density at radius 3 is 2.53 bits per heavy atom. The molecule has 0 spiro atoms. The monoisotopic (exact) mass is 417 g/mol. The van der Waals surface area contributed by atoms with Crippen LogP contribution >= 0.6 is 0 Å². The maximum atomic E-state index is 12.3. The number of likely N-dealkylation sites (tertiary alicyclic amines) is 1. The van der Waals surface area contributed by atoms with Gasteiger partial charge in [-0.2, -0.15) is 0 Å². The molecule has 1 aromatic carbocycles. The van der Waals surface area contributed by atoms with Crippen molar-refractivity contribution in [3.05, 3.63) is 35.9 Å². The number of alkyl carbamates (subject to hydrolysis) is 1. The molecule has 1 aliphatic rings. The lowest BCUT2D eigenvalue weighted by Gasteiger charge is -2.32. The minimum Gasteiger partial charge on any atom is -0.497 e. The number of ether oxygens (including phenoxy) is 2. The SMILES string of the molecule is COc1cccc(/C=C/C(=O)NC2CCN(C(=O)CNC(=O)OC(C)(C)C)CC2)c1. The van der Waals surface area contributed by atoms with Crippen LogP contribution in [0.3, 0.4) is 0 Å². The van der Waals surface area contributed by atoms with Gasteiger partial charge in [-0.05, 0) is 57.4 Å². The molecule has 1 saturated heterocycles. The molecule has 0 bridgehead atoms. The van der Waals surface area contributed by atoms with E-state index in [1.807, 2.05) is 24.3 Å². The van der Waals surface area contributed by atoms with Crippen molar-refractivity contribution in [1.29, 1.82) is 0 Å². The van der Waals surface area contributed by atoms with Crippen LogP contribution in [-0.4, -0.2) is 61.2 Å². The summed E-state index contributed by atoms with van der Waals surface area (Å²) >= 11 is 0. The molecular formula is C22H31N3O5. The smallest absolute Gasteiger partial charge is 0.408 e. The number of nitrogens with one attached hydrogen (secondary N) is 2. The summed E-state index contributed by atoms with van der Waals surface area (Å²) in [6.45, 7) is 6.24. The second kappa shape index (κ2) is 10.7. The van der Waals surface area contributed by atoms with Gasteiger partial charge in [-0.3, -0.25) is 9.59 Å². The number of nitrogens with zero attached hydrogens (tertiary/aromatic N) is 1. The predicted octanol–water partition coefficient (Wildman–Crippen LogP) is 2.34. The Hall–Kier alpha value is -3.03. The quantitative estimate of drug-likeness (QED) is 0.693. The van der Waals surface area contributed by atoms with E-state index in [1.165, 1.54) is 6.08 Å². The first-order valence-corrected chi connectivity index (χ1v) is 10.0. The van der Waals surface area contributed by atoms with Crippen LogP contribution in [-0.2, 0) is 14.3 Å². The Morgan fingerprint density at radius 1 is 1.20 bits per heavy atom. The minimum atomic E-state index is -0.610. The van der Waals surface area contributed by atoms with Gasteiger partial charge in [-0.25, -0.2) is 4.79 Å². The number of methoxy groups -OCH3 is 1. The van der Waals surface area contributed by atoms with Gasteiger partial charge in [0.15, 0.2) is 0 Å². The molecule has 0 saturated carbocycles. The summed E-state index contributed by atoms with van der Waals surface area (Å²) < 4.78 is 10.3. The van der Waals surface area contributed by atoms with Crippen molar-refractivity contribution >= 4 is 24.0 Å². The highest BCUT2D eigenvalue weighted by Gasteiger charge is 2.24. The topological polar surface area (TPSA) is 97.0 Å². The summed E-state index contributed by atoms with van der Waals surface area (Å²) in [4.78, 5) is 37.8. The fraction of sp³-hybridized carbons (Fsp3) is 0.500. The van der Waals surface area contributed by atoms with Gasteiger partial charge in [0.05, 0.1) is 7.11 Å². The van der Waals surface area contributed by atoms with Crippen LogP contribution in [0.5, 0.6) is 5.75 Å². The third kappa shape index (κ3) is 8.14. The maximum Gasteiger partial charge on any atom is 0.408 e. The van der Waals surface area contributed by atoms with Crippen molar-refractivity contribution in [3.8, 4) is 5.75 Å². The van der Waals surface area contributed by atoms with Crippen LogP contribution < -0.4 is 15.4 Å². The highest BCUT2D eigenvalue weighted by Crippen LogP contribution is 2.14. The number of hydrogen-bond donors (Lipinski definition) is 2. The zero-order valence-corrected chi connectivity index (χ0v) is 18.1. The van der Waals surface area contributed by atoms with E-state index in [0.29, 0.717) is 25.9 Å². The third-order valence-electron chi connectivity index (χ3n) is 4.50. The van der Waals surface area contributed by atoms with Crippen molar-refractivity contribution in [2.75, 3.05) is 26.7 Å². The van der Waals surface area contributed by atoms with Crippen LogP contribution in [0.2, 0.25) is 0 Å². The van der Waals surface area contributed by atoms with Crippen molar-refractivity contribution in [2.24, 2.45) is 0 Å². The maximum absolute atomic E-state index is 12.3. The average molecular weight is 418 g/mol. The van der Waals surface area contributed by atoms with Crippen LogP contribution in [0.4, 0.5) is 4.79 Å². The van der Waals surface area contributed by atoms with E-state index < -0.39 is 11.7 Å². The molecule has 2 rings (SSSR count). The van der Waals surface area contributed by atoms with Gasteiger partial charge in [-0.15, -0.1) is 0 Å². The van der Waals surface area contributed by atoms with Crippen molar-refractivity contribution in [1.82, 2.24) is 15.5 Å². The summed E-state index contributed by atoms with van der Waals surface area (Å²) in [6, 6.07) is 7.45. The van der Waals surface area contributed by atoms with Crippen LogP contribution in [0.1, 0.15) is 39.2 Å². The number of carbonyl (C=O) groups is 3. The normalized spacial score (nSPS) is 15.0.